The molecule has 1 aliphatic rings. The van der Waals surface area contributed by atoms with Crippen molar-refractivity contribution in [1.29, 1.82) is 0 Å². The number of aliphatic hydroxyl groups is 1. The Kier molecular flexibility index (Phi) is 9.83. The minimum atomic E-state index is -0.636. The van der Waals surface area contributed by atoms with E-state index in [0.717, 1.165) is 37.7 Å². The van der Waals surface area contributed by atoms with Crippen molar-refractivity contribution in [2.24, 2.45) is 4.99 Å². The third-order valence-electron chi connectivity index (χ3n) is 5.45. The zero-order chi connectivity index (χ0) is 21.7. The average Bonchev–Trinajstić information content (AvgIpc) is 3.33. The lowest BCUT2D eigenvalue weighted by Gasteiger charge is -2.29. The van der Waals surface area contributed by atoms with Gasteiger partial charge in [0.1, 0.15) is 0 Å². The van der Waals surface area contributed by atoms with E-state index in [2.05, 4.69) is 50.9 Å². The molecule has 1 saturated heterocycles. The number of hydrogen-bond donors (Lipinski definition) is 3. The molecule has 0 aromatic heterocycles. The van der Waals surface area contributed by atoms with Crippen molar-refractivity contribution in [2.75, 3.05) is 39.3 Å². The molecule has 168 valence electrons. The van der Waals surface area contributed by atoms with Crippen LogP contribution in [-0.4, -0.2) is 61.4 Å². The molecule has 1 aliphatic heterocycles. The van der Waals surface area contributed by atoms with Crippen molar-refractivity contribution in [3.05, 3.63) is 71.8 Å². The summed E-state index contributed by atoms with van der Waals surface area (Å²) in [7, 11) is 0. The largest absolute Gasteiger partial charge is 0.389 e. The number of rotatable bonds is 11. The minimum absolute atomic E-state index is 0.262. The lowest BCUT2D eigenvalue weighted by Crippen LogP contribution is -2.43. The smallest absolute Gasteiger partial charge is 0.191 e. The van der Waals surface area contributed by atoms with Crippen LogP contribution >= 0.6 is 0 Å². The topological polar surface area (TPSA) is 69.1 Å². The molecule has 6 nitrogen and oxygen atoms in total. The van der Waals surface area contributed by atoms with Crippen LogP contribution < -0.4 is 10.6 Å². The van der Waals surface area contributed by atoms with Crippen molar-refractivity contribution in [2.45, 2.75) is 38.5 Å². The number of guanidine groups is 1. The first-order chi connectivity index (χ1) is 15.3. The van der Waals surface area contributed by atoms with E-state index in [1.165, 1.54) is 18.4 Å². The first-order valence-corrected chi connectivity index (χ1v) is 11.4. The fourth-order valence-corrected chi connectivity index (χ4v) is 3.86. The van der Waals surface area contributed by atoms with Gasteiger partial charge in [-0.1, -0.05) is 60.7 Å². The molecule has 0 bridgehead atoms. The van der Waals surface area contributed by atoms with E-state index >= 15 is 0 Å². The fraction of sp³-hybridized carbons (Fsp3) is 0.480. The molecule has 3 N–H and O–H groups in total. The first kappa shape index (κ1) is 23.3. The SMILES string of the molecule is CCNC(=NCC(O)COCc1ccccc1)NCC(c1ccccc1)N1CCCC1. The molecule has 6 heteroatoms. The van der Waals surface area contributed by atoms with Gasteiger partial charge in [-0.15, -0.1) is 0 Å². The van der Waals surface area contributed by atoms with Crippen LogP contribution in [0.25, 0.3) is 0 Å². The molecule has 3 rings (SSSR count). The van der Waals surface area contributed by atoms with E-state index in [9.17, 15) is 5.11 Å². The molecule has 2 atom stereocenters. The number of aliphatic hydroxyl groups excluding tert-OH is 1. The normalized spacial score (nSPS) is 16.8. The molecular weight excluding hydrogens is 388 g/mol. The quantitative estimate of drug-likeness (QED) is 0.382. The highest BCUT2D eigenvalue weighted by Gasteiger charge is 2.23. The van der Waals surface area contributed by atoms with Gasteiger partial charge in [0, 0.05) is 13.1 Å². The van der Waals surface area contributed by atoms with Gasteiger partial charge in [-0.25, -0.2) is 0 Å². The summed E-state index contributed by atoms with van der Waals surface area (Å²) in [6.07, 6.45) is 1.88. The molecule has 0 spiro atoms. The van der Waals surface area contributed by atoms with Crippen molar-refractivity contribution in [3.8, 4) is 0 Å². The maximum Gasteiger partial charge on any atom is 0.191 e. The van der Waals surface area contributed by atoms with Crippen molar-refractivity contribution < 1.29 is 9.84 Å². The first-order valence-electron chi connectivity index (χ1n) is 11.4. The molecule has 2 aromatic carbocycles. The van der Waals surface area contributed by atoms with Crippen molar-refractivity contribution in [3.63, 3.8) is 0 Å². The second-order valence-electron chi connectivity index (χ2n) is 7.92. The second-order valence-corrected chi connectivity index (χ2v) is 7.92. The Morgan fingerprint density at radius 1 is 1.03 bits per heavy atom. The zero-order valence-electron chi connectivity index (χ0n) is 18.5. The fourth-order valence-electron chi connectivity index (χ4n) is 3.86. The summed E-state index contributed by atoms with van der Waals surface area (Å²) in [5, 5.41) is 17.0. The van der Waals surface area contributed by atoms with Gasteiger partial charge >= 0.3 is 0 Å². The third kappa shape index (κ3) is 7.98. The lowest BCUT2D eigenvalue weighted by atomic mass is 10.1. The number of likely N-dealkylation sites (tertiary alicyclic amines) is 1. The van der Waals surface area contributed by atoms with E-state index < -0.39 is 6.10 Å². The highest BCUT2D eigenvalue weighted by Crippen LogP contribution is 2.24. The number of nitrogens with zero attached hydrogens (tertiary/aromatic N) is 2. The molecule has 0 amide bonds. The van der Waals surface area contributed by atoms with Gasteiger partial charge in [-0.05, 0) is 44.0 Å². The Labute approximate surface area is 186 Å². The van der Waals surface area contributed by atoms with Crippen LogP contribution in [0.3, 0.4) is 0 Å². The molecule has 0 aliphatic carbocycles. The van der Waals surface area contributed by atoms with Gasteiger partial charge in [0.05, 0.1) is 31.9 Å². The molecule has 2 unspecified atom stereocenters. The van der Waals surface area contributed by atoms with Gasteiger partial charge in [0.2, 0.25) is 0 Å². The molecule has 1 fully saturated rings. The molecule has 2 aromatic rings. The summed E-state index contributed by atoms with van der Waals surface area (Å²) in [6, 6.07) is 20.9. The Balaban J connectivity index is 1.50. The van der Waals surface area contributed by atoms with Crippen LogP contribution in [0.2, 0.25) is 0 Å². The number of benzene rings is 2. The van der Waals surface area contributed by atoms with E-state index in [4.69, 9.17) is 4.74 Å². The average molecular weight is 425 g/mol. The van der Waals surface area contributed by atoms with Gasteiger partial charge in [0.15, 0.2) is 5.96 Å². The monoisotopic (exact) mass is 424 g/mol. The summed E-state index contributed by atoms with van der Waals surface area (Å²) < 4.78 is 5.63. The van der Waals surface area contributed by atoms with Crippen LogP contribution in [0.15, 0.2) is 65.7 Å². The van der Waals surface area contributed by atoms with Crippen LogP contribution in [-0.2, 0) is 11.3 Å². The number of hydrogen-bond acceptors (Lipinski definition) is 4. The van der Waals surface area contributed by atoms with Crippen molar-refractivity contribution in [1.82, 2.24) is 15.5 Å². The highest BCUT2D eigenvalue weighted by atomic mass is 16.5. The maximum absolute atomic E-state index is 10.3. The van der Waals surface area contributed by atoms with Gasteiger partial charge in [0.25, 0.3) is 0 Å². The van der Waals surface area contributed by atoms with Crippen LogP contribution in [0.4, 0.5) is 0 Å². The Morgan fingerprint density at radius 3 is 2.39 bits per heavy atom. The Bertz CT molecular complexity index is 764. The summed E-state index contributed by atoms with van der Waals surface area (Å²) in [6.45, 7) is 6.91. The van der Waals surface area contributed by atoms with Gasteiger partial charge in [-0.2, -0.15) is 0 Å². The third-order valence-corrected chi connectivity index (χ3v) is 5.45. The predicted molar refractivity (Wildman–Crippen MR) is 126 cm³/mol. The van der Waals surface area contributed by atoms with E-state index in [1.807, 2.05) is 37.3 Å². The van der Waals surface area contributed by atoms with Gasteiger partial charge < -0.3 is 20.5 Å². The predicted octanol–water partition coefficient (Wildman–Crippen LogP) is 2.96. The maximum atomic E-state index is 10.3. The highest BCUT2D eigenvalue weighted by molar-refractivity contribution is 5.79. The van der Waals surface area contributed by atoms with E-state index in [-0.39, 0.29) is 6.61 Å². The standard InChI is InChI=1S/C25H36N4O2/c1-2-26-25(27-17-23(30)20-31-19-21-11-5-3-6-12-21)28-18-24(29-15-9-10-16-29)22-13-7-4-8-14-22/h3-8,11-14,23-24,30H,2,9-10,15-20H2,1H3,(H2,26,27,28). The minimum Gasteiger partial charge on any atom is -0.389 e. The zero-order valence-corrected chi connectivity index (χ0v) is 18.5. The Morgan fingerprint density at radius 2 is 1.71 bits per heavy atom. The van der Waals surface area contributed by atoms with Crippen LogP contribution in [0, 0.1) is 0 Å². The molecule has 0 saturated carbocycles. The number of ether oxygens (including phenoxy) is 1. The van der Waals surface area contributed by atoms with Crippen LogP contribution in [0.1, 0.15) is 36.9 Å². The lowest BCUT2D eigenvalue weighted by molar-refractivity contribution is 0.0331. The summed E-state index contributed by atoms with van der Waals surface area (Å²) in [4.78, 5) is 7.12. The summed E-state index contributed by atoms with van der Waals surface area (Å²) in [5.74, 6) is 0.727. The van der Waals surface area contributed by atoms with Crippen LogP contribution in [0.5, 0.6) is 0 Å². The Hall–Kier alpha value is -2.41. The second kappa shape index (κ2) is 13.1. The van der Waals surface area contributed by atoms with Crippen molar-refractivity contribution >= 4 is 5.96 Å². The molecular formula is C25H36N4O2. The number of aliphatic imine (C=N–C) groups is 1. The van der Waals surface area contributed by atoms with Gasteiger partial charge in [-0.3, -0.25) is 9.89 Å². The summed E-state index contributed by atoms with van der Waals surface area (Å²) >= 11 is 0. The molecule has 1 heterocycles. The number of nitrogens with one attached hydrogen (secondary N) is 2. The van der Waals surface area contributed by atoms with E-state index in [1.54, 1.807) is 0 Å². The van der Waals surface area contributed by atoms with E-state index in [0.29, 0.717) is 19.2 Å². The summed E-state index contributed by atoms with van der Waals surface area (Å²) in [5.41, 5.74) is 2.42. The molecule has 31 heavy (non-hydrogen) atoms. The molecule has 0 radical (unpaired) electrons.